The van der Waals surface area contributed by atoms with Crippen LogP contribution in [0.4, 0.5) is 0 Å². The van der Waals surface area contributed by atoms with Crippen LogP contribution in [0.5, 0.6) is 0 Å². The monoisotopic (exact) mass is 276 g/mol. The number of furan rings is 1. The van der Waals surface area contributed by atoms with Crippen LogP contribution in [-0.4, -0.2) is 18.0 Å². The standard InChI is InChI=1S/C15H13ClO3/c16-11-3-1-2-8-6-13(19-15(8)11)14(17)10-7-9-4-5-12(10)18-9/h1-3,6,9-10,12H,4-5,7H2. The Kier molecular flexibility index (Phi) is 2.47. The molecule has 2 saturated heterocycles. The highest BCUT2D eigenvalue weighted by atomic mass is 35.5. The van der Waals surface area contributed by atoms with Gasteiger partial charge in [-0.3, -0.25) is 4.79 Å². The minimum absolute atomic E-state index is 0.0434. The van der Waals surface area contributed by atoms with Crippen LogP contribution in [0.25, 0.3) is 11.0 Å². The predicted molar refractivity (Wildman–Crippen MR) is 71.6 cm³/mol. The normalized spacial score (nSPS) is 29.2. The average Bonchev–Trinajstić information content (AvgIpc) is 3.12. The van der Waals surface area contributed by atoms with E-state index >= 15 is 0 Å². The van der Waals surface area contributed by atoms with E-state index in [-0.39, 0.29) is 23.9 Å². The number of carbonyl (C=O) groups is 1. The van der Waals surface area contributed by atoms with Crippen LogP contribution in [-0.2, 0) is 4.74 Å². The lowest BCUT2D eigenvalue weighted by Crippen LogP contribution is -2.25. The summed E-state index contributed by atoms with van der Waals surface area (Å²) in [5.41, 5.74) is 0.594. The van der Waals surface area contributed by atoms with Crippen LogP contribution in [0.3, 0.4) is 0 Å². The molecule has 3 nitrogen and oxygen atoms in total. The molecule has 2 aliphatic rings. The van der Waals surface area contributed by atoms with E-state index in [1.54, 1.807) is 12.1 Å². The number of benzene rings is 1. The van der Waals surface area contributed by atoms with Crippen molar-refractivity contribution in [3.8, 4) is 0 Å². The van der Waals surface area contributed by atoms with E-state index in [2.05, 4.69) is 0 Å². The van der Waals surface area contributed by atoms with Gasteiger partial charge in [-0.2, -0.15) is 0 Å². The molecule has 19 heavy (non-hydrogen) atoms. The van der Waals surface area contributed by atoms with Gasteiger partial charge in [0.05, 0.1) is 23.1 Å². The second kappa shape index (κ2) is 4.09. The minimum Gasteiger partial charge on any atom is -0.451 e. The molecule has 3 atom stereocenters. The molecule has 2 aliphatic heterocycles. The summed E-state index contributed by atoms with van der Waals surface area (Å²) < 4.78 is 11.4. The molecule has 98 valence electrons. The number of fused-ring (bicyclic) bond motifs is 3. The summed E-state index contributed by atoms with van der Waals surface area (Å²) in [6.45, 7) is 0. The summed E-state index contributed by atoms with van der Waals surface area (Å²) in [6, 6.07) is 7.31. The molecule has 0 N–H and O–H groups in total. The van der Waals surface area contributed by atoms with Gasteiger partial charge in [-0.25, -0.2) is 0 Å². The van der Waals surface area contributed by atoms with Crippen molar-refractivity contribution in [2.45, 2.75) is 31.5 Å². The molecule has 1 aromatic carbocycles. The van der Waals surface area contributed by atoms with Crippen molar-refractivity contribution in [1.29, 1.82) is 0 Å². The molecule has 4 heteroatoms. The molecule has 2 aromatic rings. The van der Waals surface area contributed by atoms with Crippen molar-refractivity contribution in [3.63, 3.8) is 0 Å². The molecule has 2 bridgehead atoms. The summed E-state index contributed by atoms with van der Waals surface area (Å²) in [5, 5.41) is 1.42. The van der Waals surface area contributed by atoms with Gasteiger partial charge in [0.1, 0.15) is 0 Å². The molecule has 0 radical (unpaired) electrons. The Labute approximate surface area is 115 Å². The zero-order chi connectivity index (χ0) is 13.0. The number of Topliss-reactive ketones (excluding diaryl/α,β-unsaturated/α-hetero) is 1. The zero-order valence-electron chi connectivity index (χ0n) is 10.3. The van der Waals surface area contributed by atoms with Crippen LogP contribution in [0.2, 0.25) is 5.02 Å². The van der Waals surface area contributed by atoms with Gasteiger partial charge in [0.15, 0.2) is 11.3 Å². The molecule has 1 aromatic heterocycles. The van der Waals surface area contributed by atoms with Gasteiger partial charge in [-0.05, 0) is 31.4 Å². The van der Waals surface area contributed by atoms with Crippen LogP contribution in [0, 0.1) is 5.92 Å². The third-order valence-corrected chi connectivity index (χ3v) is 4.48. The van der Waals surface area contributed by atoms with Crippen LogP contribution in [0.15, 0.2) is 28.7 Å². The molecule has 0 saturated carbocycles. The Bertz CT molecular complexity index is 660. The van der Waals surface area contributed by atoms with Gasteiger partial charge >= 0.3 is 0 Å². The third kappa shape index (κ3) is 1.72. The molecule has 4 rings (SSSR count). The van der Waals surface area contributed by atoms with Gasteiger partial charge in [0.25, 0.3) is 0 Å². The number of hydrogen-bond acceptors (Lipinski definition) is 3. The molecule has 0 spiro atoms. The van der Waals surface area contributed by atoms with Crippen molar-refractivity contribution < 1.29 is 13.9 Å². The number of carbonyl (C=O) groups excluding carboxylic acids is 1. The third-order valence-electron chi connectivity index (χ3n) is 4.18. The zero-order valence-corrected chi connectivity index (χ0v) is 11.0. The van der Waals surface area contributed by atoms with Crippen molar-refractivity contribution in [1.82, 2.24) is 0 Å². The average molecular weight is 277 g/mol. The lowest BCUT2D eigenvalue weighted by molar-refractivity contribution is 0.0724. The van der Waals surface area contributed by atoms with Crippen LogP contribution >= 0.6 is 11.6 Å². The highest BCUT2D eigenvalue weighted by Crippen LogP contribution is 2.41. The second-order valence-corrected chi connectivity index (χ2v) is 5.76. The number of ketones is 1. The predicted octanol–water partition coefficient (Wildman–Crippen LogP) is 3.84. The fourth-order valence-electron chi connectivity index (χ4n) is 3.25. The van der Waals surface area contributed by atoms with E-state index in [9.17, 15) is 4.79 Å². The van der Waals surface area contributed by atoms with E-state index in [0.717, 1.165) is 24.6 Å². The fraction of sp³-hybridized carbons (Fsp3) is 0.400. The lowest BCUT2D eigenvalue weighted by atomic mass is 9.85. The smallest absolute Gasteiger partial charge is 0.203 e. The van der Waals surface area contributed by atoms with E-state index < -0.39 is 0 Å². The van der Waals surface area contributed by atoms with Crippen molar-refractivity contribution >= 4 is 28.4 Å². The van der Waals surface area contributed by atoms with E-state index in [0.29, 0.717) is 16.4 Å². The highest BCUT2D eigenvalue weighted by molar-refractivity contribution is 6.34. The molecular formula is C15H13ClO3. The Morgan fingerprint density at radius 3 is 2.89 bits per heavy atom. The Hall–Kier alpha value is -1.32. The van der Waals surface area contributed by atoms with Crippen molar-refractivity contribution in [2.24, 2.45) is 5.92 Å². The summed E-state index contributed by atoms with van der Waals surface area (Å²) in [6.07, 6.45) is 3.25. The quantitative estimate of drug-likeness (QED) is 0.783. The molecule has 3 unspecified atom stereocenters. The van der Waals surface area contributed by atoms with Crippen LogP contribution in [0.1, 0.15) is 29.8 Å². The fourth-order valence-corrected chi connectivity index (χ4v) is 3.47. The van der Waals surface area contributed by atoms with Crippen molar-refractivity contribution in [3.05, 3.63) is 35.0 Å². The number of rotatable bonds is 2. The number of hydrogen-bond donors (Lipinski definition) is 0. The summed E-state index contributed by atoms with van der Waals surface area (Å²) in [4.78, 5) is 12.5. The van der Waals surface area contributed by atoms with Gasteiger partial charge in [0.2, 0.25) is 5.78 Å². The Morgan fingerprint density at radius 1 is 1.32 bits per heavy atom. The first-order valence-electron chi connectivity index (χ1n) is 6.60. The SMILES string of the molecule is O=C(c1cc2cccc(Cl)c2o1)C1CC2CCC1O2. The second-order valence-electron chi connectivity index (χ2n) is 5.35. The van der Waals surface area contributed by atoms with Gasteiger partial charge in [0, 0.05) is 5.39 Å². The topological polar surface area (TPSA) is 39.4 Å². The first-order chi connectivity index (χ1) is 9.22. The summed E-state index contributed by atoms with van der Waals surface area (Å²) in [7, 11) is 0. The molecular weight excluding hydrogens is 264 g/mol. The maximum Gasteiger partial charge on any atom is 0.203 e. The molecule has 3 heterocycles. The van der Waals surface area contributed by atoms with Crippen molar-refractivity contribution in [2.75, 3.05) is 0 Å². The molecule has 0 amide bonds. The number of ether oxygens (including phenoxy) is 1. The first kappa shape index (κ1) is 11.5. The summed E-state index contributed by atoms with van der Waals surface area (Å²) in [5.74, 6) is 0.418. The molecule has 2 fully saturated rings. The van der Waals surface area contributed by atoms with E-state index in [1.165, 1.54) is 0 Å². The minimum atomic E-state index is -0.0434. The molecule has 0 aliphatic carbocycles. The van der Waals surface area contributed by atoms with Crippen LogP contribution < -0.4 is 0 Å². The number of para-hydroxylation sites is 1. The highest BCUT2D eigenvalue weighted by Gasteiger charge is 2.45. The van der Waals surface area contributed by atoms with E-state index in [1.807, 2.05) is 12.1 Å². The van der Waals surface area contributed by atoms with Gasteiger partial charge in [-0.1, -0.05) is 23.7 Å². The Balaban J connectivity index is 1.70. The number of halogens is 1. The van der Waals surface area contributed by atoms with E-state index in [4.69, 9.17) is 20.8 Å². The van der Waals surface area contributed by atoms with Gasteiger partial charge < -0.3 is 9.15 Å². The van der Waals surface area contributed by atoms with Gasteiger partial charge in [-0.15, -0.1) is 0 Å². The largest absolute Gasteiger partial charge is 0.451 e. The first-order valence-corrected chi connectivity index (χ1v) is 6.98. The maximum atomic E-state index is 12.5. The summed E-state index contributed by atoms with van der Waals surface area (Å²) >= 11 is 6.07. The lowest BCUT2D eigenvalue weighted by Gasteiger charge is -2.15. The maximum absolute atomic E-state index is 12.5. The Morgan fingerprint density at radius 2 is 2.21 bits per heavy atom.